The Morgan fingerprint density at radius 3 is 2.68 bits per heavy atom. The third-order valence-electron chi connectivity index (χ3n) is 4.13. The molecule has 1 aromatic rings. The molecule has 1 atom stereocenters. The molecule has 19 heavy (non-hydrogen) atoms. The lowest BCUT2D eigenvalue weighted by atomic mass is 9.92. The minimum atomic E-state index is -0.0205. The molecule has 0 aromatic heterocycles. The number of carbonyl (C=O) groups is 1. The predicted molar refractivity (Wildman–Crippen MR) is 79.6 cm³/mol. The topological polar surface area (TPSA) is 41.1 Å². The Kier molecular flexibility index (Phi) is 3.83. The summed E-state index contributed by atoms with van der Waals surface area (Å²) in [6.45, 7) is 6.65. The van der Waals surface area contributed by atoms with Crippen molar-refractivity contribution >= 4 is 11.6 Å². The highest BCUT2D eigenvalue weighted by Crippen LogP contribution is 2.38. The van der Waals surface area contributed by atoms with Crippen molar-refractivity contribution in [2.75, 3.05) is 12.4 Å². The van der Waals surface area contributed by atoms with Gasteiger partial charge in [-0.1, -0.05) is 19.9 Å². The first-order valence-electron chi connectivity index (χ1n) is 7.01. The van der Waals surface area contributed by atoms with E-state index in [1.807, 2.05) is 19.1 Å². The van der Waals surface area contributed by atoms with Gasteiger partial charge in [0.2, 0.25) is 0 Å². The Labute approximate surface area is 115 Å². The van der Waals surface area contributed by atoms with Crippen LogP contribution in [0.5, 0.6) is 0 Å². The van der Waals surface area contributed by atoms with Gasteiger partial charge in [-0.15, -0.1) is 0 Å². The average Bonchev–Trinajstić information content (AvgIpc) is 2.70. The van der Waals surface area contributed by atoms with Crippen molar-refractivity contribution in [2.24, 2.45) is 5.41 Å². The summed E-state index contributed by atoms with van der Waals surface area (Å²) in [6, 6.07) is 6.40. The fraction of sp³-hybridized carbons (Fsp3) is 0.562. The van der Waals surface area contributed by atoms with E-state index in [2.05, 4.69) is 30.5 Å². The second-order valence-corrected chi connectivity index (χ2v) is 6.31. The van der Waals surface area contributed by atoms with Crippen LogP contribution in [-0.2, 0) is 0 Å². The van der Waals surface area contributed by atoms with Crippen LogP contribution in [0.25, 0.3) is 0 Å². The summed E-state index contributed by atoms with van der Waals surface area (Å²) in [5.41, 5.74) is 3.31. The Morgan fingerprint density at radius 1 is 1.37 bits per heavy atom. The molecule has 2 rings (SSSR count). The molecule has 1 amide bonds. The smallest absolute Gasteiger partial charge is 0.251 e. The van der Waals surface area contributed by atoms with Crippen LogP contribution in [0.15, 0.2) is 18.2 Å². The van der Waals surface area contributed by atoms with Crippen LogP contribution in [0.1, 0.15) is 49.0 Å². The van der Waals surface area contributed by atoms with E-state index in [1.54, 1.807) is 7.05 Å². The molecule has 0 heterocycles. The zero-order valence-corrected chi connectivity index (χ0v) is 12.3. The van der Waals surface area contributed by atoms with E-state index in [-0.39, 0.29) is 5.91 Å². The van der Waals surface area contributed by atoms with E-state index in [1.165, 1.54) is 19.3 Å². The molecule has 3 heteroatoms. The molecule has 1 aliphatic rings. The van der Waals surface area contributed by atoms with Gasteiger partial charge in [-0.2, -0.15) is 0 Å². The Hall–Kier alpha value is -1.51. The van der Waals surface area contributed by atoms with Crippen molar-refractivity contribution in [3.63, 3.8) is 0 Å². The number of carbonyl (C=O) groups excluding carboxylic acids is 1. The molecule has 1 unspecified atom stereocenters. The van der Waals surface area contributed by atoms with Gasteiger partial charge in [0.1, 0.15) is 0 Å². The van der Waals surface area contributed by atoms with Crippen LogP contribution >= 0.6 is 0 Å². The molecule has 2 N–H and O–H groups in total. The van der Waals surface area contributed by atoms with Crippen molar-refractivity contribution in [3.05, 3.63) is 29.3 Å². The summed E-state index contributed by atoms with van der Waals surface area (Å²) in [5, 5.41) is 6.29. The molecule has 1 aromatic carbocycles. The number of amides is 1. The normalized spacial score (nSPS) is 21.2. The summed E-state index contributed by atoms with van der Waals surface area (Å²) in [7, 11) is 1.67. The maximum absolute atomic E-state index is 11.8. The first kappa shape index (κ1) is 13.9. The molecular formula is C16H24N2O. The lowest BCUT2D eigenvalue weighted by Crippen LogP contribution is -2.21. The van der Waals surface area contributed by atoms with Crippen molar-refractivity contribution in [2.45, 2.75) is 46.1 Å². The van der Waals surface area contributed by atoms with E-state index >= 15 is 0 Å². The summed E-state index contributed by atoms with van der Waals surface area (Å²) in [5.74, 6) is -0.0205. The number of hydrogen-bond acceptors (Lipinski definition) is 2. The van der Waals surface area contributed by atoms with Gasteiger partial charge < -0.3 is 10.6 Å². The van der Waals surface area contributed by atoms with Gasteiger partial charge in [-0.05, 0) is 49.3 Å². The quantitative estimate of drug-likeness (QED) is 0.875. The highest BCUT2D eigenvalue weighted by Gasteiger charge is 2.31. The first-order chi connectivity index (χ1) is 8.93. The third-order valence-corrected chi connectivity index (χ3v) is 4.13. The zero-order chi connectivity index (χ0) is 14.0. The monoisotopic (exact) mass is 260 g/mol. The molecule has 1 saturated carbocycles. The van der Waals surface area contributed by atoms with Gasteiger partial charge in [0.25, 0.3) is 5.91 Å². The molecule has 104 valence electrons. The highest BCUT2D eigenvalue weighted by molar-refractivity contribution is 5.96. The number of anilines is 1. The van der Waals surface area contributed by atoms with E-state index in [0.29, 0.717) is 11.5 Å². The Morgan fingerprint density at radius 2 is 2.11 bits per heavy atom. The lowest BCUT2D eigenvalue weighted by molar-refractivity contribution is 0.0962. The summed E-state index contributed by atoms with van der Waals surface area (Å²) < 4.78 is 0. The predicted octanol–water partition coefficient (Wildman–Crippen LogP) is 3.35. The Bertz CT molecular complexity index is 480. The maximum atomic E-state index is 11.8. The minimum Gasteiger partial charge on any atom is -0.382 e. The number of hydrogen-bond donors (Lipinski definition) is 2. The zero-order valence-electron chi connectivity index (χ0n) is 12.3. The van der Waals surface area contributed by atoms with Gasteiger partial charge >= 0.3 is 0 Å². The summed E-state index contributed by atoms with van der Waals surface area (Å²) in [4.78, 5) is 11.8. The fourth-order valence-electron chi connectivity index (χ4n) is 2.95. The van der Waals surface area contributed by atoms with Crippen molar-refractivity contribution < 1.29 is 4.79 Å². The number of nitrogens with one attached hydrogen (secondary N) is 2. The van der Waals surface area contributed by atoms with Gasteiger partial charge in [0.15, 0.2) is 0 Å². The van der Waals surface area contributed by atoms with Crippen molar-refractivity contribution in [1.29, 1.82) is 0 Å². The molecule has 0 aliphatic heterocycles. The van der Waals surface area contributed by atoms with Crippen LogP contribution in [0.2, 0.25) is 0 Å². The van der Waals surface area contributed by atoms with Crippen LogP contribution in [0.4, 0.5) is 5.69 Å². The van der Waals surface area contributed by atoms with Gasteiger partial charge in [-0.25, -0.2) is 0 Å². The number of rotatable bonds is 3. The van der Waals surface area contributed by atoms with Crippen LogP contribution in [0.3, 0.4) is 0 Å². The number of benzene rings is 1. The molecular weight excluding hydrogens is 236 g/mol. The second kappa shape index (κ2) is 5.24. The Balaban J connectivity index is 2.15. The third kappa shape index (κ3) is 3.09. The molecule has 0 radical (unpaired) electrons. The van der Waals surface area contributed by atoms with E-state index in [9.17, 15) is 4.79 Å². The van der Waals surface area contributed by atoms with E-state index < -0.39 is 0 Å². The van der Waals surface area contributed by atoms with E-state index in [4.69, 9.17) is 0 Å². The molecule has 3 nitrogen and oxygen atoms in total. The SMILES string of the molecule is CNC(=O)c1cccc(NC2CCC(C)(C)C2)c1C. The standard InChI is InChI=1S/C16H24N2O/c1-11-13(15(19)17-4)6-5-7-14(11)18-12-8-9-16(2,3)10-12/h5-7,12,18H,8-10H2,1-4H3,(H,17,19). The van der Waals surface area contributed by atoms with Crippen LogP contribution in [0, 0.1) is 12.3 Å². The van der Waals surface area contributed by atoms with Crippen LogP contribution < -0.4 is 10.6 Å². The average molecular weight is 260 g/mol. The maximum Gasteiger partial charge on any atom is 0.251 e. The molecule has 0 bridgehead atoms. The fourth-order valence-corrected chi connectivity index (χ4v) is 2.95. The van der Waals surface area contributed by atoms with Crippen molar-refractivity contribution in [1.82, 2.24) is 5.32 Å². The second-order valence-electron chi connectivity index (χ2n) is 6.31. The minimum absolute atomic E-state index is 0.0205. The lowest BCUT2D eigenvalue weighted by Gasteiger charge is -2.20. The van der Waals surface area contributed by atoms with Crippen molar-refractivity contribution in [3.8, 4) is 0 Å². The molecule has 1 fully saturated rings. The van der Waals surface area contributed by atoms with Crippen LogP contribution in [-0.4, -0.2) is 19.0 Å². The summed E-state index contributed by atoms with van der Waals surface area (Å²) in [6.07, 6.45) is 3.66. The molecule has 0 spiro atoms. The molecule has 0 saturated heterocycles. The highest BCUT2D eigenvalue weighted by atomic mass is 16.1. The van der Waals surface area contributed by atoms with E-state index in [0.717, 1.165) is 16.8 Å². The van der Waals surface area contributed by atoms with Gasteiger partial charge in [-0.3, -0.25) is 4.79 Å². The molecule has 1 aliphatic carbocycles. The van der Waals surface area contributed by atoms with Gasteiger partial charge in [0.05, 0.1) is 0 Å². The van der Waals surface area contributed by atoms with Gasteiger partial charge in [0, 0.05) is 24.3 Å². The first-order valence-corrected chi connectivity index (χ1v) is 7.01. The largest absolute Gasteiger partial charge is 0.382 e. The summed E-state index contributed by atoms with van der Waals surface area (Å²) >= 11 is 0.